The van der Waals surface area contributed by atoms with Crippen LogP contribution in [0.5, 0.6) is 0 Å². The van der Waals surface area contributed by atoms with E-state index < -0.39 is 11.6 Å². The van der Waals surface area contributed by atoms with Gasteiger partial charge in [-0.2, -0.15) is 0 Å². The third-order valence-corrected chi connectivity index (χ3v) is 4.08. The zero-order valence-corrected chi connectivity index (χ0v) is 13.7. The Bertz CT molecular complexity index is 257. The summed E-state index contributed by atoms with van der Waals surface area (Å²) in [6.07, 6.45) is 13.0. The van der Waals surface area contributed by atoms with Crippen LogP contribution in [0.3, 0.4) is 0 Å². The number of aliphatic carboxylic acids is 1. The molecule has 0 aromatic carbocycles. The first-order valence-electron chi connectivity index (χ1n) is 8.15. The van der Waals surface area contributed by atoms with E-state index >= 15 is 0 Å². The van der Waals surface area contributed by atoms with Gasteiger partial charge in [0.05, 0.1) is 0 Å². The summed E-state index contributed by atoms with van der Waals surface area (Å²) in [5.74, 6) is -0.932. The Morgan fingerprint density at radius 3 is 1.70 bits per heavy atom. The van der Waals surface area contributed by atoms with Crippen LogP contribution in [0.1, 0.15) is 77.6 Å². The molecule has 0 saturated carbocycles. The SMILES string of the molecule is CCCCCCCCCCCCC(N)(C(=O)O)N(C)C. The molecule has 0 radical (unpaired) electrons. The van der Waals surface area contributed by atoms with Crippen LogP contribution in [-0.4, -0.2) is 35.7 Å². The van der Waals surface area contributed by atoms with E-state index in [0.29, 0.717) is 6.42 Å². The summed E-state index contributed by atoms with van der Waals surface area (Å²) in [7, 11) is 3.45. The molecular formula is C16H34N2O2. The van der Waals surface area contributed by atoms with Crippen molar-refractivity contribution in [3.63, 3.8) is 0 Å². The van der Waals surface area contributed by atoms with Crippen molar-refractivity contribution in [1.29, 1.82) is 0 Å². The van der Waals surface area contributed by atoms with Crippen molar-refractivity contribution in [1.82, 2.24) is 4.90 Å². The maximum Gasteiger partial charge on any atom is 0.338 e. The van der Waals surface area contributed by atoms with E-state index in [1.807, 2.05) is 0 Å². The van der Waals surface area contributed by atoms with E-state index in [9.17, 15) is 9.90 Å². The zero-order chi connectivity index (χ0) is 15.4. The molecule has 0 aliphatic heterocycles. The summed E-state index contributed by atoms with van der Waals surface area (Å²) in [6.45, 7) is 2.24. The number of unbranched alkanes of at least 4 members (excludes halogenated alkanes) is 9. The number of likely N-dealkylation sites (N-methyl/N-ethyl adjacent to an activating group) is 1. The minimum Gasteiger partial charge on any atom is -0.479 e. The fourth-order valence-corrected chi connectivity index (χ4v) is 2.40. The molecule has 1 atom stereocenters. The summed E-state index contributed by atoms with van der Waals surface area (Å²) in [5.41, 5.74) is 4.71. The molecule has 0 amide bonds. The van der Waals surface area contributed by atoms with Crippen molar-refractivity contribution < 1.29 is 9.90 Å². The quantitative estimate of drug-likeness (QED) is 0.401. The Labute approximate surface area is 124 Å². The van der Waals surface area contributed by atoms with Crippen LogP contribution in [0.25, 0.3) is 0 Å². The second-order valence-corrected chi connectivity index (χ2v) is 6.06. The van der Waals surface area contributed by atoms with E-state index in [1.54, 1.807) is 19.0 Å². The van der Waals surface area contributed by atoms with E-state index in [-0.39, 0.29) is 0 Å². The van der Waals surface area contributed by atoms with Gasteiger partial charge < -0.3 is 10.8 Å². The van der Waals surface area contributed by atoms with E-state index in [1.165, 1.54) is 51.4 Å². The number of rotatable bonds is 13. The molecule has 0 fully saturated rings. The van der Waals surface area contributed by atoms with E-state index in [4.69, 9.17) is 5.73 Å². The molecule has 4 nitrogen and oxygen atoms in total. The van der Waals surface area contributed by atoms with E-state index in [0.717, 1.165) is 12.8 Å². The van der Waals surface area contributed by atoms with Gasteiger partial charge in [0.1, 0.15) is 0 Å². The number of nitrogens with two attached hydrogens (primary N) is 1. The average molecular weight is 286 g/mol. The summed E-state index contributed by atoms with van der Waals surface area (Å²) >= 11 is 0. The lowest BCUT2D eigenvalue weighted by Gasteiger charge is -2.31. The molecule has 0 saturated heterocycles. The molecule has 0 aliphatic rings. The molecular weight excluding hydrogens is 252 g/mol. The Morgan fingerprint density at radius 1 is 0.950 bits per heavy atom. The minimum absolute atomic E-state index is 0.520. The van der Waals surface area contributed by atoms with Gasteiger partial charge in [0.25, 0.3) is 0 Å². The molecule has 0 aromatic heterocycles. The van der Waals surface area contributed by atoms with E-state index in [2.05, 4.69) is 6.92 Å². The highest BCUT2D eigenvalue weighted by Crippen LogP contribution is 2.17. The number of carboxylic acids is 1. The van der Waals surface area contributed by atoms with Crippen molar-refractivity contribution in [3.05, 3.63) is 0 Å². The number of carboxylic acid groups (broad SMARTS) is 1. The Morgan fingerprint density at radius 2 is 1.35 bits per heavy atom. The minimum atomic E-state index is -1.21. The molecule has 20 heavy (non-hydrogen) atoms. The highest BCUT2D eigenvalue weighted by atomic mass is 16.4. The molecule has 1 unspecified atom stereocenters. The van der Waals surface area contributed by atoms with Gasteiger partial charge in [-0.15, -0.1) is 0 Å². The Balaban J connectivity index is 3.54. The lowest BCUT2D eigenvalue weighted by molar-refractivity contribution is -0.150. The highest BCUT2D eigenvalue weighted by molar-refractivity contribution is 5.77. The third-order valence-electron chi connectivity index (χ3n) is 4.08. The third kappa shape index (κ3) is 7.85. The van der Waals surface area contributed by atoms with Crippen molar-refractivity contribution >= 4 is 5.97 Å². The van der Waals surface area contributed by atoms with Gasteiger partial charge in [-0.25, -0.2) is 4.79 Å². The maximum absolute atomic E-state index is 11.2. The Kier molecular flexibility index (Phi) is 10.8. The summed E-state index contributed by atoms with van der Waals surface area (Å²) in [5, 5.41) is 9.18. The molecule has 0 spiro atoms. The van der Waals surface area contributed by atoms with Gasteiger partial charge in [-0.1, -0.05) is 64.7 Å². The Hall–Kier alpha value is -0.610. The van der Waals surface area contributed by atoms with Crippen LogP contribution in [0.2, 0.25) is 0 Å². The van der Waals surface area contributed by atoms with Gasteiger partial charge in [-0.05, 0) is 26.9 Å². The lowest BCUT2D eigenvalue weighted by Crippen LogP contribution is -2.58. The molecule has 0 rings (SSSR count). The van der Waals surface area contributed by atoms with Gasteiger partial charge in [0.2, 0.25) is 0 Å². The molecule has 3 N–H and O–H groups in total. The first kappa shape index (κ1) is 19.4. The fraction of sp³-hybridized carbons (Fsp3) is 0.938. The van der Waals surface area contributed by atoms with Crippen LogP contribution < -0.4 is 5.73 Å². The van der Waals surface area contributed by atoms with Gasteiger partial charge in [-0.3, -0.25) is 4.90 Å². The fourth-order valence-electron chi connectivity index (χ4n) is 2.40. The van der Waals surface area contributed by atoms with Crippen LogP contribution in [-0.2, 0) is 4.79 Å². The van der Waals surface area contributed by atoms with Crippen molar-refractivity contribution in [2.75, 3.05) is 14.1 Å². The van der Waals surface area contributed by atoms with Gasteiger partial charge in [0, 0.05) is 0 Å². The second-order valence-electron chi connectivity index (χ2n) is 6.06. The second kappa shape index (κ2) is 11.1. The molecule has 0 heterocycles. The van der Waals surface area contributed by atoms with Crippen LogP contribution in [0.4, 0.5) is 0 Å². The summed E-state index contributed by atoms with van der Waals surface area (Å²) in [6, 6.07) is 0. The number of hydrogen-bond donors (Lipinski definition) is 2. The topological polar surface area (TPSA) is 66.6 Å². The first-order valence-corrected chi connectivity index (χ1v) is 8.15. The van der Waals surface area contributed by atoms with Crippen molar-refractivity contribution in [2.45, 2.75) is 83.2 Å². The van der Waals surface area contributed by atoms with Gasteiger partial charge in [0.15, 0.2) is 5.66 Å². The summed E-state index contributed by atoms with van der Waals surface area (Å²) in [4.78, 5) is 12.8. The van der Waals surface area contributed by atoms with Crippen molar-refractivity contribution in [3.8, 4) is 0 Å². The smallest absolute Gasteiger partial charge is 0.338 e. The van der Waals surface area contributed by atoms with Crippen LogP contribution >= 0.6 is 0 Å². The van der Waals surface area contributed by atoms with Crippen LogP contribution in [0.15, 0.2) is 0 Å². The predicted octanol–water partition coefficient (Wildman–Crippen LogP) is 3.60. The highest BCUT2D eigenvalue weighted by Gasteiger charge is 2.35. The number of nitrogens with zero attached hydrogens (tertiary/aromatic N) is 1. The predicted molar refractivity (Wildman–Crippen MR) is 84.7 cm³/mol. The van der Waals surface area contributed by atoms with Crippen molar-refractivity contribution in [2.24, 2.45) is 5.73 Å². The zero-order valence-electron chi connectivity index (χ0n) is 13.7. The molecule has 4 heteroatoms. The maximum atomic E-state index is 11.2. The molecule has 0 aromatic rings. The molecule has 0 aliphatic carbocycles. The first-order chi connectivity index (χ1) is 9.45. The number of carbonyl (C=O) groups is 1. The average Bonchev–Trinajstić information content (AvgIpc) is 2.40. The van der Waals surface area contributed by atoms with Crippen LogP contribution in [0, 0.1) is 0 Å². The molecule has 120 valence electrons. The normalized spacial score (nSPS) is 14.4. The lowest BCUT2D eigenvalue weighted by atomic mass is 10.00. The van der Waals surface area contributed by atoms with Gasteiger partial charge >= 0.3 is 5.97 Å². The number of hydrogen-bond acceptors (Lipinski definition) is 3. The summed E-state index contributed by atoms with van der Waals surface area (Å²) < 4.78 is 0. The molecule has 0 bridgehead atoms. The largest absolute Gasteiger partial charge is 0.479 e. The monoisotopic (exact) mass is 286 g/mol. The standard InChI is InChI=1S/C16H34N2O2/c1-4-5-6-7-8-9-10-11-12-13-14-16(17,15(19)20)18(2)3/h4-14,17H2,1-3H3,(H,19,20).